The van der Waals surface area contributed by atoms with Gasteiger partial charge in [0.2, 0.25) is 0 Å². The van der Waals surface area contributed by atoms with E-state index in [1.165, 1.54) is 18.2 Å². The fraction of sp³-hybridized carbons (Fsp3) is 0. The first kappa shape index (κ1) is 14.8. The quantitative estimate of drug-likeness (QED) is 0.517. The molecule has 0 aliphatic carbocycles. The Morgan fingerprint density at radius 1 is 1.00 bits per heavy atom. The van der Waals surface area contributed by atoms with Crippen LogP contribution in [0.4, 0.5) is 0 Å². The van der Waals surface area contributed by atoms with E-state index in [0.29, 0.717) is 16.7 Å². The summed E-state index contributed by atoms with van der Waals surface area (Å²) < 4.78 is 34.7. The highest BCUT2D eigenvalue weighted by molar-refractivity contribution is 7.89. The van der Waals surface area contributed by atoms with Crippen LogP contribution >= 0.6 is 11.3 Å². The van der Waals surface area contributed by atoms with Gasteiger partial charge in [0.05, 0.1) is 10.6 Å². The molecule has 3 aromatic heterocycles. The van der Waals surface area contributed by atoms with Crippen molar-refractivity contribution in [2.24, 2.45) is 0 Å². The van der Waals surface area contributed by atoms with E-state index in [-0.39, 0.29) is 9.96 Å². The third-order valence-electron chi connectivity index (χ3n) is 3.18. The molecular weight excluding hydrogens is 350 g/mol. The van der Waals surface area contributed by atoms with Gasteiger partial charge in [-0.2, -0.15) is 8.42 Å². The third-order valence-corrected chi connectivity index (χ3v) is 5.98. The molecule has 120 valence electrons. The van der Waals surface area contributed by atoms with Gasteiger partial charge in [-0.05, 0) is 46.7 Å². The Morgan fingerprint density at radius 3 is 2.71 bits per heavy atom. The molecule has 7 nitrogen and oxygen atoms in total. The van der Waals surface area contributed by atoms with Crippen molar-refractivity contribution >= 4 is 32.5 Å². The summed E-state index contributed by atoms with van der Waals surface area (Å²) >= 11 is 1.10. The molecule has 0 N–H and O–H groups in total. The van der Waals surface area contributed by atoms with Crippen molar-refractivity contribution in [3.05, 3.63) is 54.7 Å². The molecule has 0 spiro atoms. The molecule has 0 bridgehead atoms. The zero-order chi connectivity index (χ0) is 16.6. The Labute approximate surface area is 140 Å². The Morgan fingerprint density at radius 2 is 1.88 bits per heavy atom. The van der Waals surface area contributed by atoms with Gasteiger partial charge in [0, 0.05) is 12.3 Å². The van der Waals surface area contributed by atoms with Crippen LogP contribution in [0.2, 0.25) is 0 Å². The highest BCUT2D eigenvalue weighted by Gasteiger charge is 2.20. The van der Waals surface area contributed by atoms with E-state index in [1.54, 1.807) is 24.4 Å². The molecule has 9 heteroatoms. The van der Waals surface area contributed by atoms with Crippen molar-refractivity contribution in [3.63, 3.8) is 0 Å². The molecule has 0 radical (unpaired) electrons. The van der Waals surface area contributed by atoms with Gasteiger partial charge in [0.15, 0.2) is 4.21 Å². The average Bonchev–Trinajstić information content (AvgIpc) is 3.24. The Bertz CT molecular complexity index is 1100. The molecule has 0 saturated carbocycles. The van der Waals surface area contributed by atoms with Crippen LogP contribution < -0.4 is 4.18 Å². The normalized spacial score (nSPS) is 11.7. The predicted octanol–water partition coefficient (Wildman–Crippen LogP) is 3.11. The summed E-state index contributed by atoms with van der Waals surface area (Å²) in [6, 6.07) is 13.2. The number of pyridine rings is 1. The summed E-state index contributed by atoms with van der Waals surface area (Å²) in [7, 11) is -3.94. The van der Waals surface area contributed by atoms with Crippen LogP contribution in [-0.4, -0.2) is 23.7 Å². The molecule has 0 aliphatic heterocycles. The van der Waals surface area contributed by atoms with Crippen molar-refractivity contribution in [2.75, 3.05) is 0 Å². The number of benzene rings is 1. The summed E-state index contributed by atoms with van der Waals surface area (Å²) in [5.41, 5.74) is 1.65. The second-order valence-electron chi connectivity index (χ2n) is 4.79. The predicted molar refractivity (Wildman–Crippen MR) is 87.2 cm³/mol. The van der Waals surface area contributed by atoms with Gasteiger partial charge >= 0.3 is 10.1 Å². The van der Waals surface area contributed by atoms with Crippen LogP contribution in [-0.2, 0) is 10.1 Å². The van der Waals surface area contributed by atoms with Crippen molar-refractivity contribution in [1.29, 1.82) is 0 Å². The lowest BCUT2D eigenvalue weighted by atomic mass is 10.3. The maximum atomic E-state index is 12.4. The van der Waals surface area contributed by atoms with E-state index in [2.05, 4.69) is 19.9 Å². The van der Waals surface area contributed by atoms with Gasteiger partial charge in [-0.15, -0.1) is 11.3 Å². The van der Waals surface area contributed by atoms with E-state index in [0.717, 1.165) is 16.2 Å². The van der Waals surface area contributed by atoms with Crippen molar-refractivity contribution in [1.82, 2.24) is 15.3 Å². The van der Waals surface area contributed by atoms with E-state index < -0.39 is 10.1 Å². The molecule has 0 aliphatic rings. The molecule has 4 aromatic rings. The number of thiophene rings is 1. The third kappa shape index (κ3) is 2.74. The lowest BCUT2D eigenvalue weighted by Gasteiger charge is -2.04. The molecule has 0 saturated heterocycles. The van der Waals surface area contributed by atoms with Gasteiger partial charge in [-0.3, -0.25) is 4.98 Å². The van der Waals surface area contributed by atoms with Crippen LogP contribution in [0.5, 0.6) is 5.75 Å². The van der Waals surface area contributed by atoms with Gasteiger partial charge in [-0.25, -0.2) is 4.63 Å². The smallest absolute Gasteiger partial charge is 0.348 e. The molecule has 4 rings (SSSR count). The van der Waals surface area contributed by atoms with Gasteiger partial charge in [0.25, 0.3) is 0 Å². The molecule has 1 aromatic carbocycles. The maximum Gasteiger partial charge on any atom is 0.348 e. The summed E-state index contributed by atoms with van der Waals surface area (Å²) in [5.74, 6) is 0.144. The lowest BCUT2D eigenvalue weighted by Crippen LogP contribution is -2.07. The zero-order valence-corrected chi connectivity index (χ0v) is 13.6. The molecular formula is C15H9N3O4S2. The molecule has 0 amide bonds. The minimum absolute atomic E-state index is 0.0986. The van der Waals surface area contributed by atoms with Crippen LogP contribution in [0.25, 0.3) is 21.6 Å². The highest BCUT2D eigenvalue weighted by Crippen LogP contribution is 2.31. The number of fused-ring (bicyclic) bond motifs is 1. The zero-order valence-electron chi connectivity index (χ0n) is 12.0. The van der Waals surface area contributed by atoms with Crippen molar-refractivity contribution in [2.45, 2.75) is 4.21 Å². The molecule has 24 heavy (non-hydrogen) atoms. The number of rotatable bonds is 4. The van der Waals surface area contributed by atoms with Crippen LogP contribution in [0.3, 0.4) is 0 Å². The first-order valence-electron chi connectivity index (χ1n) is 6.80. The van der Waals surface area contributed by atoms with E-state index in [1.807, 2.05) is 12.1 Å². The van der Waals surface area contributed by atoms with E-state index in [9.17, 15) is 8.42 Å². The fourth-order valence-electron chi connectivity index (χ4n) is 2.08. The largest absolute Gasteiger partial charge is 0.378 e. The standard InChI is InChI=1S/C15H9N3O4S2/c19-24(20,21-10-4-5-11-13(9-10)18-22-17-11)15-7-6-14(23-15)12-3-1-2-8-16-12/h1-9H. The monoisotopic (exact) mass is 359 g/mol. The fourth-order valence-corrected chi connectivity index (χ4v) is 4.25. The Balaban J connectivity index is 1.64. The van der Waals surface area contributed by atoms with Crippen molar-refractivity contribution in [3.8, 4) is 16.3 Å². The maximum absolute atomic E-state index is 12.4. The molecule has 0 unspecified atom stereocenters. The summed E-state index contributed by atoms with van der Waals surface area (Å²) in [6.07, 6.45) is 1.65. The highest BCUT2D eigenvalue weighted by atomic mass is 32.3. The first-order valence-corrected chi connectivity index (χ1v) is 9.02. The first-order chi connectivity index (χ1) is 11.6. The SMILES string of the molecule is O=S(=O)(Oc1ccc2nonc2c1)c1ccc(-c2ccccn2)s1. The van der Waals surface area contributed by atoms with Crippen LogP contribution in [0, 0.1) is 0 Å². The van der Waals surface area contributed by atoms with E-state index in [4.69, 9.17) is 4.18 Å². The van der Waals surface area contributed by atoms with E-state index >= 15 is 0 Å². The van der Waals surface area contributed by atoms with Gasteiger partial charge in [-0.1, -0.05) is 6.07 Å². The van der Waals surface area contributed by atoms with Crippen LogP contribution in [0.15, 0.2) is 63.6 Å². The Hall–Kier alpha value is -2.78. The molecule has 3 heterocycles. The topological polar surface area (TPSA) is 95.2 Å². The summed E-state index contributed by atoms with van der Waals surface area (Å²) in [4.78, 5) is 4.95. The lowest BCUT2D eigenvalue weighted by molar-refractivity contribution is 0.315. The summed E-state index contributed by atoms with van der Waals surface area (Å²) in [5, 5.41) is 7.31. The van der Waals surface area contributed by atoms with Gasteiger partial charge < -0.3 is 4.18 Å². The average molecular weight is 359 g/mol. The molecule has 0 atom stereocenters. The minimum Gasteiger partial charge on any atom is -0.378 e. The van der Waals surface area contributed by atoms with Gasteiger partial charge in [0.1, 0.15) is 16.8 Å². The number of hydrogen-bond acceptors (Lipinski definition) is 8. The van der Waals surface area contributed by atoms with Crippen LogP contribution in [0.1, 0.15) is 0 Å². The second kappa shape index (κ2) is 5.69. The Kier molecular flexibility index (Phi) is 3.51. The van der Waals surface area contributed by atoms with Crippen molar-refractivity contribution < 1.29 is 17.2 Å². The second-order valence-corrected chi connectivity index (χ2v) is 7.64. The number of nitrogens with zero attached hydrogens (tertiary/aromatic N) is 3. The summed E-state index contributed by atoms with van der Waals surface area (Å²) in [6.45, 7) is 0. The number of aromatic nitrogens is 3. The molecule has 0 fully saturated rings. The number of hydrogen-bond donors (Lipinski definition) is 0. The minimum atomic E-state index is -3.94.